The van der Waals surface area contributed by atoms with E-state index in [1.54, 1.807) is 13.8 Å². The fourth-order valence-corrected chi connectivity index (χ4v) is 6.99. The zero-order valence-electron chi connectivity index (χ0n) is 33.7. The van der Waals surface area contributed by atoms with Gasteiger partial charge >= 0.3 is 0 Å². The van der Waals surface area contributed by atoms with Crippen LogP contribution in [0.1, 0.15) is 49.8 Å². The van der Waals surface area contributed by atoms with Crippen LogP contribution in [0, 0.1) is 0 Å². The Labute approximate surface area is 344 Å². The molecule has 14 heteroatoms. The third kappa shape index (κ3) is 13.0. The lowest BCUT2D eigenvalue weighted by Gasteiger charge is -2.27. The number of aromatic nitrogens is 1. The van der Waals surface area contributed by atoms with Gasteiger partial charge in [-0.3, -0.25) is 24.0 Å². The Balaban J connectivity index is 1.34. The topological polar surface area (TPSA) is 239 Å². The molecule has 0 aliphatic carbocycles. The number of nitrogens with one attached hydrogen (secondary N) is 6. The van der Waals surface area contributed by atoms with E-state index in [2.05, 4.69) is 31.6 Å². The summed E-state index contributed by atoms with van der Waals surface area (Å²) in [7, 11) is 0. The van der Waals surface area contributed by atoms with Crippen molar-refractivity contribution in [2.75, 3.05) is 13.1 Å². The van der Waals surface area contributed by atoms with Crippen molar-refractivity contribution in [3.05, 3.63) is 120 Å². The number of para-hydroxylation sites is 1. The van der Waals surface area contributed by atoms with Crippen molar-refractivity contribution in [3.63, 3.8) is 0 Å². The minimum atomic E-state index is -1.05. The summed E-state index contributed by atoms with van der Waals surface area (Å²) < 4.78 is 0. The number of carbonyl (C=O) groups excluding carboxylic acids is 5. The Morgan fingerprint density at radius 3 is 1.95 bits per heavy atom. The van der Waals surface area contributed by atoms with Gasteiger partial charge in [0.25, 0.3) is 0 Å². The molecule has 0 fully saturated rings. The molecule has 1 aromatic heterocycles. The lowest BCUT2D eigenvalue weighted by Crippen LogP contribution is -2.58. The molecule has 14 nitrogen and oxygen atoms in total. The molecule has 5 rings (SSSR count). The van der Waals surface area contributed by atoms with Gasteiger partial charge < -0.3 is 48.8 Å². The van der Waals surface area contributed by atoms with Crippen LogP contribution in [0.25, 0.3) is 21.7 Å². The molecule has 5 aromatic rings. The van der Waals surface area contributed by atoms with Gasteiger partial charge in [-0.05, 0) is 79.6 Å². The number of hydrogen-bond donors (Lipinski definition) is 9. The molecule has 59 heavy (non-hydrogen) atoms. The van der Waals surface area contributed by atoms with Crippen LogP contribution in [-0.2, 0) is 43.2 Å². The maximum atomic E-state index is 14.3. The van der Waals surface area contributed by atoms with Gasteiger partial charge in [0, 0.05) is 42.5 Å². The van der Waals surface area contributed by atoms with Crippen molar-refractivity contribution in [2.45, 2.75) is 88.6 Å². The highest BCUT2D eigenvalue weighted by Gasteiger charge is 2.30. The summed E-state index contributed by atoms with van der Waals surface area (Å²) in [6.07, 6.45) is 4.05. The van der Waals surface area contributed by atoms with E-state index in [9.17, 15) is 24.0 Å². The zero-order chi connectivity index (χ0) is 42.3. The largest absolute Gasteiger partial charge is 0.368 e. The fourth-order valence-electron chi connectivity index (χ4n) is 6.99. The molecule has 0 saturated carbocycles. The highest BCUT2D eigenvalue weighted by molar-refractivity contribution is 5.94. The highest BCUT2D eigenvalue weighted by atomic mass is 16.2. The predicted molar refractivity (Wildman–Crippen MR) is 231 cm³/mol. The molecule has 3 unspecified atom stereocenters. The van der Waals surface area contributed by atoms with Crippen LogP contribution >= 0.6 is 0 Å². The number of amides is 5. The second kappa shape index (κ2) is 21.6. The lowest BCUT2D eigenvalue weighted by atomic mass is 10.0. The molecule has 0 radical (unpaired) electrons. The molecule has 0 aliphatic heterocycles. The smallest absolute Gasteiger partial charge is 0.243 e. The summed E-state index contributed by atoms with van der Waals surface area (Å²) in [5.41, 5.74) is 20.6. The summed E-state index contributed by atoms with van der Waals surface area (Å²) in [6, 6.07) is 25.7. The van der Waals surface area contributed by atoms with Crippen LogP contribution in [0.4, 0.5) is 0 Å². The number of hydrogen-bond acceptors (Lipinski definition) is 8. The van der Waals surface area contributed by atoms with E-state index in [1.807, 2.05) is 103 Å². The van der Waals surface area contributed by atoms with Gasteiger partial charge in [0.15, 0.2) is 0 Å². The SMILES string of the molecule is C[C@H](CN[C@@H](Cc1c[nH]c2ccccc12)C(=O)NC(Cc1ccccc1)C(=O)NC(CCCCN)C(N)=O)NC(=O)C(Cc1ccc2ccccc2c1)NC(=O)[C@@H](C)N. The van der Waals surface area contributed by atoms with Gasteiger partial charge in [-0.1, -0.05) is 91.0 Å². The second-order valence-electron chi connectivity index (χ2n) is 15.2. The van der Waals surface area contributed by atoms with Crippen molar-refractivity contribution in [2.24, 2.45) is 17.2 Å². The van der Waals surface area contributed by atoms with Crippen molar-refractivity contribution < 1.29 is 24.0 Å². The minimum absolute atomic E-state index is 0.157. The summed E-state index contributed by atoms with van der Waals surface area (Å²) >= 11 is 0. The molecule has 4 aromatic carbocycles. The van der Waals surface area contributed by atoms with Gasteiger partial charge in [0.05, 0.1) is 12.1 Å². The Kier molecular flexibility index (Phi) is 16.1. The van der Waals surface area contributed by atoms with E-state index < -0.39 is 65.8 Å². The fraction of sp³-hybridized carbons (Fsp3) is 0.356. The molecule has 0 bridgehead atoms. The van der Waals surface area contributed by atoms with Crippen molar-refractivity contribution in [3.8, 4) is 0 Å². The Bertz CT molecular complexity index is 2190. The monoisotopic (exact) mass is 803 g/mol. The Morgan fingerprint density at radius 1 is 0.627 bits per heavy atom. The molecule has 0 spiro atoms. The van der Waals surface area contributed by atoms with Crippen molar-refractivity contribution >= 4 is 51.2 Å². The molecule has 312 valence electrons. The normalized spacial score (nSPS) is 14.4. The maximum Gasteiger partial charge on any atom is 0.243 e. The summed E-state index contributed by atoms with van der Waals surface area (Å²) in [6.45, 7) is 3.96. The van der Waals surface area contributed by atoms with Crippen LogP contribution in [0.5, 0.6) is 0 Å². The average molecular weight is 804 g/mol. The summed E-state index contributed by atoms with van der Waals surface area (Å²) in [4.78, 5) is 70.3. The molecule has 6 atom stereocenters. The van der Waals surface area contributed by atoms with Gasteiger partial charge in [0.1, 0.15) is 18.1 Å². The molecule has 12 N–H and O–H groups in total. The molecular formula is C45H57N9O5. The van der Waals surface area contributed by atoms with E-state index in [-0.39, 0.29) is 25.8 Å². The molecular weight excluding hydrogens is 747 g/mol. The summed E-state index contributed by atoms with van der Waals surface area (Å²) in [5, 5.41) is 17.8. The minimum Gasteiger partial charge on any atom is -0.368 e. The number of benzene rings is 4. The first-order valence-electron chi connectivity index (χ1n) is 20.2. The molecule has 1 heterocycles. The quantitative estimate of drug-likeness (QED) is 0.0469. The van der Waals surface area contributed by atoms with Crippen LogP contribution < -0.4 is 43.8 Å². The number of rotatable bonds is 22. The standard InChI is InChI=1S/C45H57N9O5/c1-28(51-44(58)40(53-42(56)29(2)47)24-31-19-20-32-14-6-7-15-33(32)22-31)26-49-38(25-34-27-50-36-17-9-8-16-35(34)36)43(57)54-39(23-30-12-4-3-5-13-30)45(59)52-37(41(48)55)18-10-11-21-46/h3-9,12-17,19-20,22,27-29,37-40,49-50H,10-11,18,21,23-26,46-47H2,1-2H3,(H2,48,55)(H,51,58)(H,52,59)(H,53,56)(H,54,57)/t28-,29-,37?,38+,39?,40?/m1/s1. The van der Waals surface area contributed by atoms with E-state index in [4.69, 9.17) is 17.2 Å². The predicted octanol–water partition coefficient (Wildman–Crippen LogP) is 2.23. The number of unbranched alkanes of at least 4 members (excludes halogenated alkanes) is 1. The van der Waals surface area contributed by atoms with E-state index in [0.717, 1.165) is 38.4 Å². The number of H-pyrrole nitrogens is 1. The second-order valence-corrected chi connectivity index (χ2v) is 15.2. The van der Waals surface area contributed by atoms with Gasteiger partial charge in [-0.25, -0.2) is 0 Å². The Morgan fingerprint density at radius 2 is 1.24 bits per heavy atom. The van der Waals surface area contributed by atoms with E-state index in [0.29, 0.717) is 25.8 Å². The average Bonchev–Trinajstić information content (AvgIpc) is 3.64. The van der Waals surface area contributed by atoms with Crippen molar-refractivity contribution in [1.29, 1.82) is 0 Å². The molecule has 5 amide bonds. The number of aromatic amines is 1. The maximum absolute atomic E-state index is 14.3. The molecule has 0 aliphatic rings. The first-order chi connectivity index (χ1) is 28.4. The Hall–Kier alpha value is -6.09. The third-order valence-corrected chi connectivity index (χ3v) is 10.3. The van der Waals surface area contributed by atoms with Crippen LogP contribution in [0.2, 0.25) is 0 Å². The molecule has 0 saturated heterocycles. The third-order valence-electron chi connectivity index (χ3n) is 10.3. The first kappa shape index (κ1) is 44.0. The van der Waals surface area contributed by atoms with E-state index in [1.165, 1.54) is 0 Å². The zero-order valence-corrected chi connectivity index (χ0v) is 33.7. The highest BCUT2D eigenvalue weighted by Crippen LogP contribution is 2.20. The van der Waals surface area contributed by atoms with Crippen molar-refractivity contribution in [1.82, 2.24) is 31.6 Å². The van der Waals surface area contributed by atoms with Gasteiger partial charge in [-0.15, -0.1) is 0 Å². The summed E-state index contributed by atoms with van der Waals surface area (Å²) in [5.74, 6) is -2.54. The van der Waals surface area contributed by atoms with Gasteiger partial charge in [0.2, 0.25) is 29.5 Å². The van der Waals surface area contributed by atoms with E-state index >= 15 is 0 Å². The number of fused-ring (bicyclic) bond motifs is 2. The number of primary amides is 1. The van der Waals surface area contributed by atoms with Crippen LogP contribution in [-0.4, -0.2) is 83.9 Å². The van der Waals surface area contributed by atoms with Crippen LogP contribution in [0.3, 0.4) is 0 Å². The first-order valence-corrected chi connectivity index (χ1v) is 20.2. The lowest BCUT2D eigenvalue weighted by molar-refractivity contribution is -0.132. The number of nitrogens with two attached hydrogens (primary N) is 3. The van der Waals surface area contributed by atoms with Gasteiger partial charge in [-0.2, -0.15) is 0 Å². The van der Waals surface area contributed by atoms with Crippen LogP contribution in [0.15, 0.2) is 103 Å². The number of carbonyl (C=O) groups is 5.